The van der Waals surface area contributed by atoms with Gasteiger partial charge in [0.1, 0.15) is 0 Å². The highest BCUT2D eigenvalue weighted by molar-refractivity contribution is 6.30. The van der Waals surface area contributed by atoms with E-state index in [1.54, 1.807) is 12.1 Å². The summed E-state index contributed by atoms with van der Waals surface area (Å²) in [4.78, 5) is 0. The van der Waals surface area contributed by atoms with Gasteiger partial charge in [-0.15, -0.1) is 6.58 Å². The minimum absolute atomic E-state index is 0.490. The normalized spacial score (nSPS) is 12.5. The van der Waals surface area contributed by atoms with Gasteiger partial charge in [0, 0.05) is 5.02 Å². The first kappa shape index (κ1) is 10.3. The first-order valence-electron chi connectivity index (χ1n) is 4.20. The van der Waals surface area contributed by atoms with Crippen LogP contribution in [-0.4, -0.2) is 5.11 Å². The number of aryl methyl sites for hydroxylation is 1. The maximum atomic E-state index is 9.70. The van der Waals surface area contributed by atoms with E-state index in [-0.39, 0.29) is 0 Å². The van der Waals surface area contributed by atoms with Crippen molar-refractivity contribution in [1.82, 2.24) is 0 Å². The van der Waals surface area contributed by atoms with Gasteiger partial charge in [-0.05, 0) is 36.6 Å². The van der Waals surface area contributed by atoms with E-state index in [1.807, 2.05) is 19.1 Å². The van der Waals surface area contributed by atoms with Crippen LogP contribution in [0.15, 0.2) is 30.9 Å². The molecule has 0 saturated heterocycles. The molecule has 0 aromatic heterocycles. The van der Waals surface area contributed by atoms with E-state index in [2.05, 4.69) is 6.58 Å². The lowest BCUT2D eigenvalue weighted by molar-refractivity contribution is 0.181. The third-order valence-electron chi connectivity index (χ3n) is 1.99. The van der Waals surface area contributed by atoms with Crippen LogP contribution >= 0.6 is 11.6 Å². The van der Waals surface area contributed by atoms with Gasteiger partial charge in [-0.3, -0.25) is 0 Å². The molecule has 1 aromatic carbocycles. The van der Waals surface area contributed by atoms with E-state index < -0.39 is 6.10 Å². The van der Waals surface area contributed by atoms with Crippen molar-refractivity contribution in [3.8, 4) is 0 Å². The van der Waals surface area contributed by atoms with Crippen LogP contribution in [0.4, 0.5) is 0 Å². The maximum Gasteiger partial charge on any atom is 0.0827 e. The molecule has 0 aliphatic carbocycles. The van der Waals surface area contributed by atoms with E-state index in [0.717, 1.165) is 11.1 Å². The summed E-state index contributed by atoms with van der Waals surface area (Å²) in [5.74, 6) is 0. The van der Waals surface area contributed by atoms with Gasteiger partial charge in [-0.1, -0.05) is 23.7 Å². The molecule has 1 atom stereocenters. The second-order valence-electron chi connectivity index (χ2n) is 3.04. The highest BCUT2D eigenvalue weighted by Gasteiger charge is 2.08. The van der Waals surface area contributed by atoms with Crippen molar-refractivity contribution >= 4 is 11.6 Å². The Bertz CT molecular complexity index is 307. The van der Waals surface area contributed by atoms with Gasteiger partial charge in [0.2, 0.25) is 0 Å². The lowest BCUT2D eigenvalue weighted by Crippen LogP contribution is -1.98. The van der Waals surface area contributed by atoms with Crippen LogP contribution in [0.5, 0.6) is 0 Å². The minimum atomic E-state index is -0.490. The molecule has 0 spiro atoms. The summed E-state index contributed by atoms with van der Waals surface area (Å²) in [7, 11) is 0. The molecule has 0 amide bonds. The molecule has 0 radical (unpaired) electrons. The van der Waals surface area contributed by atoms with Crippen LogP contribution in [0.25, 0.3) is 0 Å². The zero-order valence-corrected chi connectivity index (χ0v) is 8.38. The standard InChI is InChI=1S/C11H13ClO/c1-3-4-11(13)10-7-9(12)6-5-8(10)2/h3,5-7,11,13H,1,4H2,2H3/t11-/m0/s1. The molecule has 1 nitrogen and oxygen atoms in total. The van der Waals surface area contributed by atoms with Crippen molar-refractivity contribution < 1.29 is 5.11 Å². The third-order valence-corrected chi connectivity index (χ3v) is 2.23. The topological polar surface area (TPSA) is 20.2 Å². The number of rotatable bonds is 3. The van der Waals surface area contributed by atoms with Gasteiger partial charge < -0.3 is 5.11 Å². The fourth-order valence-electron chi connectivity index (χ4n) is 1.26. The minimum Gasteiger partial charge on any atom is -0.388 e. The summed E-state index contributed by atoms with van der Waals surface area (Å²) in [6.07, 6.45) is 1.77. The first-order valence-corrected chi connectivity index (χ1v) is 4.58. The number of aliphatic hydroxyl groups is 1. The molecule has 0 fully saturated rings. The second-order valence-corrected chi connectivity index (χ2v) is 3.48. The largest absolute Gasteiger partial charge is 0.388 e. The van der Waals surface area contributed by atoms with Crippen LogP contribution < -0.4 is 0 Å². The highest BCUT2D eigenvalue weighted by atomic mass is 35.5. The van der Waals surface area contributed by atoms with Gasteiger partial charge in [0.15, 0.2) is 0 Å². The molecule has 2 heteroatoms. The zero-order valence-electron chi connectivity index (χ0n) is 7.63. The molecule has 0 unspecified atom stereocenters. The Hall–Kier alpha value is -0.790. The van der Waals surface area contributed by atoms with Crippen LogP contribution in [0.1, 0.15) is 23.7 Å². The Labute approximate surface area is 83.7 Å². The average molecular weight is 197 g/mol. The Morgan fingerprint density at radius 1 is 1.62 bits per heavy atom. The van der Waals surface area contributed by atoms with Crippen molar-refractivity contribution in [3.63, 3.8) is 0 Å². The van der Waals surface area contributed by atoms with E-state index >= 15 is 0 Å². The van der Waals surface area contributed by atoms with Crippen LogP contribution in [0.3, 0.4) is 0 Å². The Balaban J connectivity index is 2.97. The van der Waals surface area contributed by atoms with Gasteiger partial charge >= 0.3 is 0 Å². The number of aliphatic hydroxyl groups excluding tert-OH is 1. The molecule has 0 bridgehead atoms. The maximum absolute atomic E-state index is 9.70. The molecular weight excluding hydrogens is 184 g/mol. The summed E-state index contributed by atoms with van der Waals surface area (Å²) in [5, 5.41) is 10.4. The average Bonchev–Trinajstić information content (AvgIpc) is 2.09. The molecule has 13 heavy (non-hydrogen) atoms. The quantitative estimate of drug-likeness (QED) is 0.736. The molecule has 0 heterocycles. The van der Waals surface area contributed by atoms with Gasteiger partial charge in [-0.2, -0.15) is 0 Å². The van der Waals surface area contributed by atoms with Crippen LogP contribution in [-0.2, 0) is 0 Å². The molecule has 0 aliphatic rings. The predicted octanol–water partition coefficient (Wildman–Crippen LogP) is 3.26. The van der Waals surface area contributed by atoms with Crippen molar-refractivity contribution in [2.24, 2.45) is 0 Å². The summed E-state index contributed by atoms with van der Waals surface area (Å²) in [6.45, 7) is 5.54. The Morgan fingerprint density at radius 2 is 2.31 bits per heavy atom. The van der Waals surface area contributed by atoms with E-state index in [0.29, 0.717) is 11.4 Å². The fraction of sp³-hybridized carbons (Fsp3) is 0.273. The lowest BCUT2D eigenvalue weighted by Gasteiger charge is -2.11. The Morgan fingerprint density at radius 3 is 2.92 bits per heavy atom. The van der Waals surface area contributed by atoms with Crippen molar-refractivity contribution in [2.45, 2.75) is 19.4 Å². The lowest BCUT2D eigenvalue weighted by atomic mass is 10.0. The summed E-state index contributed by atoms with van der Waals surface area (Å²) in [6, 6.07) is 5.52. The number of hydrogen-bond donors (Lipinski definition) is 1. The number of hydrogen-bond acceptors (Lipinski definition) is 1. The summed E-state index contributed by atoms with van der Waals surface area (Å²) in [5.41, 5.74) is 1.94. The van der Waals surface area contributed by atoms with E-state index in [1.165, 1.54) is 0 Å². The molecule has 0 aliphatic heterocycles. The number of halogens is 1. The SMILES string of the molecule is C=CC[C@H](O)c1cc(Cl)ccc1C. The molecule has 0 saturated carbocycles. The van der Waals surface area contributed by atoms with E-state index in [4.69, 9.17) is 11.6 Å². The van der Waals surface area contributed by atoms with E-state index in [9.17, 15) is 5.11 Å². The third kappa shape index (κ3) is 2.58. The van der Waals surface area contributed by atoms with Crippen molar-refractivity contribution in [3.05, 3.63) is 47.0 Å². The van der Waals surface area contributed by atoms with Gasteiger partial charge in [-0.25, -0.2) is 0 Å². The summed E-state index contributed by atoms with van der Waals surface area (Å²) >= 11 is 5.82. The zero-order chi connectivity index (χ0) is 9.84. The highest BCUT2D eigenvalue weighted by Crippen LogP contribution is 2.24. The van der Waals surface area contributed by atoms with Crippen molar-refractivity contribution in [2.75, 3.05) is 0 Å². The van der Waals surface area contributed by atoms with Crippen LogP contribution in [0.2, 0.25) is 5.02 Å². The van der Waals surface area contributed by atoms with Crippen molar-refractivity contribution in [1.29, 1.82) is 0 Å². The molecule has 70 valence electrons. The molecule has 1 rings (SSSR count). The smallest absolute Gasteiger partial charge is 0.0827 e. The predicted molar refractivity (Wildman–Crippen MR) is 56.0 cm³/mol. The molecule has 1 N–H and O–H groups in total. The summed E-state index contributed by atoms with van der Waals surface area (Å²) < 4.78 is 0. The molecule has 1 aromatic rings. The van der Waals surface area contributed by atoms with Gasteiger partial charge in [0.25, 0.3) is 0 Å². The monoisotopic (exact) mass is 196 g/mol. The second kappa shape index (κ2) is 4.45. The molecular formula is C11H13ClO. The van der Waals surface area contributed by atoms with Crippen LogP contribution in [0, 0.1) is 6.92 Å². The van der Waals surface area contributed by atoms with Gasteiger partial charge in [0.05, 0.1) is 6.10 Å². The Kier molecular flexibility index (Phi) is 3.52. The first-order chi connectivity index (χ1) is 6.15. The fourth-order valence-corrected chi connectivity index (χ4v) is 1.44. The number of benzene rings is 1.